The Morgan fingerprint density at radius 1 is 1.00 bits per heavy atom. The van der Waals surface area contributed by atoms with Crippen LogP contribution in [0.1, 0.15) is 27.6 Å². The number of carbonyl (C=O) groups is 2. The molecule has 1 aliphatic heterocycles. The molecule has 1 fully saturated rings. The standard InChI is InChI=1S/C26H30FN3O5/c1-20-4-9-23(35-20)18-30(17-21-5-7-22(27)8-6-21)25(31)19-29(26(32)24-3-2-14-34-24)11-10-28-12-15-33-16-13-28/h2-9,14H,10-13,15-19H2,1H3. The van der Waals surface area contributed by atoms with Crippen molar-refractivity contribution >= 4 is 11.8 Å². The number of benzene rings is 1. The highest BCUT2D eigenvalue weighted by molar-refractivity contribution is 5.94. The third kappa shape index (κ3) is 7.03. The average molecular weight is 484 g/mol. The summed E-state index contributed by atoms with van der Waals surface area (Å²) >= 11 is 0. The van der Waals surface area contributed by atoms with Gasteiger partial charge in [0.15, 0.2) is 5.76 Å². The molecule has 2 amide bonds. The van der Waals surface area contributed by atoms with Crippen LogP contribution in [0.15, 0.2) is 63.6 Å². The van der Waals surface area contributed by atoms with E-state index in [0.29, 0.717) is 32.1 Å². The van der Waals surface area contributed by atoms with Crippen molar-refractivity contribution in [3.8, 4) is 0 Å². The van der Waals surface area contributed by atoms with Gasteiger partial charge in [0.2, 0.25) is 5.91 Å². The van der Waals surface area contributed by atoms with Gasteiger partial charge in [-0.3, -0.25) is 14.5 Å². The summed E-state index contributed by atoms with van der Waals surface area (Å²) in [6.45, 7) is 6.07. The fraction of sp³-hybridized carbons (Fsp3) is 0.385. The molecule has 3 aromatic rings. The Labute approximate surface area is 203 Å². The Hall–Kier alpha value is -3.43. The van der Waals surface area contributed by atoms with Gasteiger partial charge in [0.1, 0.15) is 23.9 Å². The average Bonchev–Trinajstić information content (AvgIpc) is 3.55. The van der Waals surface area contributed by atoms with Gasteiger partial charge >= 0.3 is 0 Å². The van der Waals surface area contributed by atoms with Gasteiger partial charge in [-0.1, -0.05) is 12.1 Å². The molecular weight excluding hydrogens is 453 g/mol. The summed E-state index contributed by atoms with van der Waals surface area (Å²) in [4.78, 5) is 32.0. The Balaban J connectivity index is 1.50. The number of rotatable bonds is 10. The molecular formula is C26H30FN3O5. The van der Waals surface area contributed by atoms with E-state index in [4.69, 9.17) is 13.6 Å². The zero-order valence-corrected chi connectivity index (χ0v) is 19.8. The van der Waals surface area contributed by atoms with Crippen LogP contribution in [0.5, 0.6) is 0 Å². The van der Waals surface area contributed by atoms with Gasteiger partial charge in [0.05, 0.1) is 26.0 Å². The molecule has 186 valence electrons. The van der Waals surface area contributed by atoms with E-state index in [0.717, 1.165) is 24.4 Å². The van der Waals surface area contributed by atoms with Crippen molar-refractivity contribution < 1.29 is 27.6 Å². The number of morpholine rings is 1. The lowest BCUT2D eigenvalue weighted by molar-refractivity contribution is -0.133. The first-order valence-electron chi connectivity index (χ1n) is 11.7. The molecule has 0 aliphatic carbocycles. The molecule has 0 saturated carbocycles. The molecule has 3 heterocycles. The lowest BCUT2D eigenvalue weighted by Gasteiger charge is -2.31. The van der Waals surface area contributed by atoms with Crippen molar-refractivity contribution in [1.29, 1.82) is 0 Å². The SMILES string of the molecule is Cc1ccc(CN(Cc2ccc(F)cc2)C(=O)CN(CCN2CCOCC2)C(=O)c2ccco2)o1. The highest BCUT2D eigenvalue weighted by atomic mass is 19.1. The number of hydrogen-bond acceptors (Lipinski definition) is 6. The topological polar surface area (TPSA) is 79.4 Å². The second-order valence-corrected chi connectivity index (χ2v) is 8.55. The summed E-state index contributed by atoms with van der Waals surface area (Å²) in [5, 5.41) is 0. The molecule has 35 heavy (non-hydrogen) atoms. The molecule has 1 saturated heterocycles. The molecule has 8 nitrogen and oxygen atoms in total. The molecule has 1 aromatic carbocycles. The minimum Gasteiger partial charge on any atom is -0.464 e. The monoisotopic (exact) mass is 483 g/mol. The first-order valence-corrected chi connectivity index (χ1v) is 11.7. The van der Waals surface area contributed by atoms with Crippen LogP contribution in [0.4, 0.5) is 4.39 Å². The van der Waals surface area contributed by atoms with Crippen LogP contribution in [0.25, 0.3) is 0 Å². The number of hydrogen-bond donors (Lipinski definition) is 0. The highest BCUT2D eigenvalue weighted by Gasteiger charge is 2.25. The van der Waals surface area contributed by atoms with E-state index in [1.54, 1.807) is 29.2 Å². The molecule has 0 atom stereocenters. The minimum absolute atomic E-state index is 0.120. The minimum atomic E-state index is -0.341. The van der Waals surface area contributed by atoms with Crippen molar-refractivity contribution in [2.45, 2.75) is 20.0 Å². The maximum atomic E-state index is 13.5. The molecule has 0 bridgehead atoms. The van der Waals surface area contributed by atoms with E-state index in [9.17, 15) is 14.0 Å². The molecule has 0 unspecified atom stereocenters. The van der Waals surface area contributed by atoms with Gasteiger partial charge in [0, 0.05) is 32.7 Å². The van der Waals surface area contributed by atoms with Gasteiger partial charge in [-0.2, -0.15) is 0 Å². The van der Waals surface area contributed by atoms with Crippen molar-refractivity contribution in [2.75, 3.05) is 45.9 Å². The third-order valence-corrected chi connectivity index (χ3v) is 5.92. The van der Waals surface area contributed by atoms with E-state index < -0.39 is 0 Å². The Morgan fingerprint density at radius 3 is 2.43 bits per heavy atom. The normalized spacial score (nSPS) is 14.1. The van der Waals surface area contributed by atoms with E-state index in [1.807, 2.05) is 19.1 Å². The Kier molecular flexibility index (Phi) is 8.33. The fourth-order valence-corrected chi connectivity index (χ4v) is 3.96. The number of halogens is 1. The van der Waals surface area contributed by atoms with E-state index in [1.165, 1.54) is 23.3 Å². The third-order valence-electron chi connectivity index (χ3n) is 5.92. The smallest absolute Gasteiger partial charge is 0.290 e. The molecule has 2 aromatic heterocycles. The summed E-state index contributed by atoms with van der Waals surface area (Å²) < 4.78 is 29.8. The van der Waals surface area contributed by atoms with E-state index in [-0.39, 0.29) is 43.0 Å². The van der Waals surface area contributed by atoms with Crippen LogP contribution in [0.2, 0.25) is 0 Å². The molecule has 0 N–H and O–H groups in total. The zero-order valence-electron chi connectivity index (χ0n) is 19.8. The molecule has 1 aliphatic rings. The fourth-order valence-electron chi connectivity index (χ4n) is 3.96. The molecule has 0 radical (unpaired) electrons. The van der Waals surface area contributed by atoms with Gasteiger partial charge in [0.25, 0.3) is 5.91 Å². The lowest BCUT2D eigenvalue weighted by atomic mass is 10.2. The summed E-state index contributed by atoms with van der Waals surface area (Å²) in [6, 6.07) is 12.9. The van der Waals surface area contributed by atoms with Crippen LogP contribution < -0.4 is 0 Å². The maximum Gasteiger partial charge on any atom is 0.290 e. The van der Waals surface area contributed by atoms with Crippen LogP contribution >= 0.6 is 0 Å². The summed E-state index contributed by atoms with van der Waals surface area (Å²) in [7, 11) is 0. The number of ether oxygens (including phenoxy) is 1. The predicted octanol–water partition coefficient (Wildman–Crippen LogP) is 3.32. The van der Waals surface area contributed by atoms with E-state index in [2.05, 4.69) is 4.90 Å². The number of carbonyl (C=O) groups excluding carboxylic acids is 2. The first-order chi connectivity index (χ1) is 17.0. The van der Waals surface area contributed by atoms with Crippen molar-refractivity contribution in [1.82, 2.24) is 14.7 Å². The highest BCUT2D eigenvalue weighted by Crippen LogP contribution is 2.15. The number of furan rings is 2. The summed E-state index contributed by atoms with van der Waals surface area (Å²) in [5.41, 5.74) is 0.778. The predicted molar refractivity (Wildman–Crippen MR) is 126 cm³/mol. The second-order valence-electron chi connectivity index (χ2n) is 8.55. The van der Waals surface area contributed by atoms with Crippen molar-refractivity contribution in [3.63, 3.8) is 0 Å². The van der Waals surface area contributed by atoms with Gasteiger partial charge in [-0.25, -0.2) is 4.39 Å². The van der Waals surface area contributed by atoms with Gasteiger partial charge in [-0.05, 0) is 48.9 Å². The quantitative estimate of drug-likeness (QED) is 0.440. The summed E-state index contributed by atoms with van der Waals surface area (Å²) in [6.07, 6.45) is 1.44. The first kappa shape index (κ1) is 24.7. The molecule has 4 rings (SSSR count). The van der Waals surface area contributed by atoms with Crippen LogP contribution in [-0.2, 0) is 22.6 Å². The number of nitrogens with zero attached hydrogens (tertiary/aromatic N) is 3. The van der Waals surface area contributed by atoms with Gasteiger partial charge in [-0.15, -0.1) is 0 Å². The van der Waals surface area contributed by atoms with Crippen LogP contribution in [0, 0.1) is 12.7 Å². The van der Waals surface area contributed by atoms with E-state index >= 15 is 0 Å². The summed E-state index contributed by atoms with van der Waals surface area (Å²) in [5.74, 6) is 0.639. The van der Waals surface area contributed by atoms with Crippen LogP contribution in [0.3, 0.4) is 0 Å². The Bertz CT molecular complexity index is 1090. The largest absolute Gasteiger partial charge is 0.464 e. The maximum absolute atomic E-state index is 13.5. The van der Waals surface area contributed by atoms with Crippen LogP contribution in [-0.4, -0.2) is 72.5 Å². The second kappa shape index (κ2) is 11.8. The molecule has 0 spiro atoms. The number of aryl methyl sites for hydroxylation is 1. The lowest BCUT2D eigenvalue weighted by Crippen LogP contribution is -2.47. The molecule has 9 heteroatoms. The van der Waals surface area contributed by atoms with Gasteiger partial charge < -0.3 is 23.4 Å². The van der Waals surface area contributed by atoms with Crippen molar-refractivity contribution in [3.05, 3.63) is 83.5 Å². The number of amides is 2. The Morgan fingerprint density at radius 2 is 1.77 bits per heavy atom. The van der Waals surface area contributed by atoms with Crippen molar-refractivity contribution in [2.24, 2.45) is 0 Å². The zero-order chi connectivity index (χ0) is 24.6.